The van der Waals surface area contributed by atoms with Crippen LogP contribution >= 0.6 is 0 Å². The second-order valence-electron chi connectivity index (χ2n) is 8.32. The molecule has 0 heterocycles. The largest absolute Gasteiger partial charge is 0.384 e. The summed E-state index contributed by atoms with van der Waals surface area (Å²) in [5.41, 5.74) is 14.9. The molecule has 0 spiro atoms. The zero-order valence-electron chi connectivity index (χ0n) is 18.9. The Balaban J connectivity index is 1.79. The number of primary sulfonamides is 1. The lowest BCUT2D eigenvalue weighted by atomic mass is 9.90. The smallest absolute Gasteiger partial charge is 0.312 e. The molecule has 0 bridgehead atoms. The fourth-order valence-corrected chi connectivity index (χ4v) is 4.81. The number of hydrogen-bond donors (Lipinski definition) is 5. The third kappa shape index (κ3) is 6.43. The van der Waals surface area contributed by atoms with Crippen molar-refractivity contribution in [3.8, 4) is 11.1 Å². The summed E-state index contributed by atoms with van der Waals surface area (Å²) in [5.74, 6) is 0.0640. The molecule has 0 aliphatic rings. The van der Waals surface area contributed by atoms with Crippen molar-refractivity contribution in [1.29, 1.82) is 5.41 Å². The number of nitrogen functional groups attached to an aromatic ring is 1. The topological polar surface area (TPSA) is 165 Å². The number of primary amides is 1. The Bertz CT molecular complexity index is 1290. The van der Waals surface area contributed by atoms with Crippen molar-refractivity contribution in [2.75, 3.05) is 0 Å². The van der Waals surface area contributed by atoms with Gasteiger partial charge in [-0.25, -0.2) is 18.4 Å². The van der Waals surface area contributed by atoms with E-state index in [9.17, 15) is 13.2 Å². The van der Waals surface area contributed by atoms with Crippen LogP contribution in [0, 0.1) is 5.41 Å². The highest BCUT2D eigenvalue weighted by Gasteiger charge is 2.18. The molecule has 8 N–H and O–H groups in total. The van der Waals surface area contributed by atoms with Gasteiger partial charge in [0.1, 0.15) is 5.84 Å². The van der Waals surface area contributed by atoms with Gasteiger partial charge in [0, 0.05) is 17.2 Å². The number of carbonyl (C=O) groups excluding carboxylic acids is 1. The van der Waals surface area contributed by atoms with Crippen LogP contribution in [0.5, 0.6) is 0 Å². The van der Waals surface area contributed by atoms with Crippen molar-refractivity contribution in [3.63, 3.8) is 0 Å². The molecule has 3 rings (SSSR count). The minimum Gasteiger partial charge on any atom is -0.384 e. The van der Waals surface area contributed by atoms with E-state index >= 15 is 0 Å². The molecule has 3 aromatic carbocycles. The predicted molar refractivity (Wildman–Crippen MR) is 134 cm³/mol. The highest BCUT2D eigenvalue weighted by molar-refractivity contribution is 7.89. The lowest BCUT2D eigenvalue weighted by Crippen LogP contribution is -2.40. The Kier molecular flexibility index (Phi) is 7.70. The van der Waals surface area contributed by atoms with Crippen LogP contribution < -0.4 is 21.9 Å². The van der Waals surface area contributed by atoms with Gasteiger partial charge in [0.15, 0.2) is 0 Å². The van der Waals surface area contributed by atoms with Gasteiger partial charge >= 0.3 is 6.03 Å². The van der Waals surface area contributed by atoms with Crippen LogP contribution in [-0.4, -0.2) is 26.3 Å². The van der Waals surface area contributed by atoms with Crippen LogP contribution in [0.1, 0.15) is 36.0 Å². The van der Waals surface area contributed by atoms with E-state index in [1.54, 1.807) is 24.3 Å². The molecule has 2 unspecified atom stereocenters. The van der Waals surface area contributed by atoms with Crippen molar-refractivity contribution in [2.24, 2.45) is 16.6 Å². The van der Waals surface area contributed by atoms with Crippen LogP contribution in [-0.2, 0) is 16.4 Å². The lowest BCUT2D eigenvalue weighted by Gasteiger charge is -2.22. The van der Waals surface area contributed by atoms with E-state index in [0.717, 1.165) is 16.7 Å². The van der Waals surface area contributed by atoms with Crippen molar-refractivity contribution in [3.05, 3.63) is 89.5 Å². The fraction of sp³-hybridized carbons (Fsp3) is 0.200. The van der Waals surface area contributed by atoms with Crippen molar-refractivity contribution in [2.45, 2.75) is 36.6 Å². The number of benzene rings is 3. The number of nitrogens with two attached hydrogens (primary N) is 3. The van der Waals surface area contributed by atoms with Crippen LogP contribution in [0.15, 0.2) is 77.7 Å². The summed E-state index contributed by atoms with van der Waals surface area (Å²) >= 11 is 0. The molecule has 9 heteroatoms. The average molecular weight is 480 g/mol. The number of amides is 2. The third-order valence-corrected chi connectivity index (χ3v) is 6.66. The minimum absolute atomic E-state index is 0.0151. The summed E-state index contributed by atoms with van der Waals surface area (Å²) in [5, 5.41) is 15.8. The molecule has 0 aromatic heterocycles. The van der Waals surface area contributed by atoms with Gasteiger partial charge in [-0.05, 0) is 47.6 Å². The molecule has 0 saturated carbocycles. The molecule has 0 fully saturated rings. The standard InChI is InChI=1S/C25H29N5O3S/c1-16(13-21(30-25(28)31)15-17-5-4-6-20(14-17)24(26)27)18-9-11-19(12-10-18)22-7-2-3-8-23(22)34(29,32)33/h2-12,14,16,21H,13,15H2,1H3,(H3,26,27)(H3,28,30,31)(H2,29,32,33). The maximum Gasteiger partial charge on any atom is 0.312 e. The number of urea groups is 1. The van der Waals surface area contributed by atoms with Crippen LogP contribution in [0.4, 0.5) is 4.79 Å². The van der Waals surface area contributed by atoms with Gasteiger partial charge in [-0.3, -0.25) is 5.41 Å². The molecule has 34 heavy (non-hydrogen) atoms. The van der Waals surface area contributed by atoms with Crippen LogP contribution in [0.25, 0.3) is 11.1 Å². The Morgan fingerprint density at radius 3 is 2.29 bits per heavy atom. The number of nitrogens with one attached hydrogen (secondary N) is 2. The number of amidine groups is 1. The van der Waals surface area contributed by atoms with E-state index in [4.69, 9.17) is 22.0 Å². The molecule has 0 saturated heterocycles. The van der Waals surface area contributed by atoms with Gasteiger partial charge in [0.05, 0.1) is 4.90 Å². The van der Waals surface area contributed by atoms with Gasteiger partial charge in [0.2, 0.25) is 10.0 Å². The minimum atomic E-state index is -3.85. The zero-order valence-corrected chi connectivity index (χ0v) is 19.7. The number of sulfonamides is 1. The average Bonchev–Trinajstić information content (AvgIpc) is 2.78. The Hall–Kier alpha value is -3.69. The first-order chi connectivity index (χ1) is 16.0. The van der Waals surface area contributed by atoms with Crippen LogP contribution in [0.3, 0.4) is 0 Å². The molecule has 3 aromatic rings. The first kappa shape index (κ1) is 24.9. The molecular formula is C25H29N5O3S. The Morgan fingerprint density at radius 2 is 1.68 bits per heavy atom. The quantitative estimate of drug-likeness (QED) is 0.235. The molecule has 0 aliphatic heterocycles. The van der Waals surface area contributed by atoms with E-state index in [1.807, 2.05) is 42.5 Å². The van der Waals surface area contributed by atoms with Crippen molar-refractivity contribution >= 4 is 21.9 Å². The zero-order chi connectivity index (χ0) is 24.9. The Morgan fingerprint density at radius 1 is 1.00 bits per heavy atom. The van der Waals surface area contributed by atoms with E-state index in [1.165, 1.54) is 6.07 Å². The highest BCUT2D eigenvalue weighted by Crippen LogP contribution is 2.29. The van der Waals surface area contributed by atoms with Crippen molar-refractivity contribution < 1.29 is 13.2 Å². The molecule has 8 nitrogen and oxygen atoms in total. The second-order valence-corrected chi connectivity index (χ2v) is 9.85. The maximum absolute atomic E-state index is 11.9. The van der Waals surface area contributed by atoms with Crippen LogP contribution in [0.2, 0.25) is 0 Å². The van der Waals surface area contributed by atoms with E-state index in [0.29, 0.717) is 24.0 Å². The first-order valence-electron chi connectivity index (χ1n) is 10.8. The predicted octanol–water partition coefficient (Wildman–Crippen LogP) is 3.06. The summed E-state index contributed by atoms with van der Waals surface area (Å²) in [4.78, 5) is 11.7. The normalized spacial score (nSPS) is 13.1. The summed E-state index contributed by atoms with van der Waals surface area (Å²) in [6, 6.07) is 20.7. The monoisotopic (exact) mass is 479 g/mol. The summed E-state index contributed by atoms with van der Waals surface area (Å²) in [6.45, 7) is 2.05. The first-order valence-corrected chi connectivity index (χ1v) is 12.3. The summed E-state index contributed by atoms with van der Waals surface area (Å²) < 4.78 is 23.9. The molecular weight excluding hydrogens is 450 g/mol. The molecule has 2 amide bonds. The van der Waals surface area contributed by atoms with Gasteiger partial charge in [-0.1, -0.05) is 67.6 Å². The van der Waals surface area contributed by atoms with E-state index in [2.05, 4.69) is 12.2 Å². The van der Waals surface area contributed by atoms with E-state index in [-0.39, 0.29) is 22.7 Å². The molecule has 2 atom stereocenters. The Labute approximate surface area is 199 Å². The van der Waals surface area contributed by atoms with Gasteiger partial charge < -0.3 is 16.8 Å². The molecule has 0 aliphatic carbocycles. The molecule has 0 radical (unpaired) electrons. The van der Waals surface area contributed by atoms with Gasteiger partial charge in [-0.2, -0.15) is 0 Å². The lowest BCUT2D eigenvalue weighted by molar-refractivity contribution is 0.243. The third-order valence-electron chi connectivity index (χ3n) is 5.69. The summed E-state index contributed by atoms with van der Waals surface area (Å²) in [7, 11) is -3.85. The maximum atomic E-state index is 11.9. The SMILES string of the molecule is CC(CC(Cc1cccc(C(=N)N)c1)NC(N)=O)c1ccc(-c2ccccc2S(N)(=O)=O)cc1. The second kappa shape index (κ2) is 10.5. The molecule has 178 valence electrons. The highest BCUT2D eigenvalue weighted by atomic mass is 32.2. The fourth-order valence-electron chi connectivity index (χ4n) is 4.05. The number of carbonyl (C=O) groups is 1. The van der Waals surface area contributed by atoms with E-state index < -0.39 is 16.1 Å². The van der Waals surface area contributed by atoms with Gasteiger partial charge in [-0.15, -0.1) is 0 Å². The van der Waals surface area contributed by atoms with Crippen molar-refractivity contribution in [1.82, 2.24) is 5.32 Å². The number of hydrogen-bond acceptors (Lipinski definition) is 4. The number of rotatable bonds is 9. The summed E-state index contributed by atoms with van der Waals surface area (Å²) in [6.07, 6.45) is 1.16. The van der Waals surface area contributed by atoms with Gasteiger partial charge in [0.25, 0.3) is 0 Å².